The number of ketones is 2. The predicted molar refractivity (Wildman–Crippen MR) is 90.3 cm³/mol. The van der Waals surface area contributed by atoms with Gasteiger partial charge in [0.05, 0.1) is 6.61 Å². The fourth-order valence-corrected chi connectivity index (χ4v) is 2.45. The van der Waals surface area contributed by atoms with E-state index < -0.39 is 0 Å². The molecule has 1 aliphatic rings. The number of Topliss-reactive ketones (excluding diaryl/α,β-unsaturated/α-hetero) is 2. The van der Waals surface area contributed by atoms with Gasteiger partial charge in [-0.3, -0.25) is 9.59 Å². The first-order valence-corrected chi connectivity index (χ1v) is 8.08. The fraction of sp³-hybridized carbons (Fsp3) is 0.300. The summed E-state index contributed by atoms with van der Waals surface area (Å²) in [5.41, 5.74) is 2.93. The van der Waals surface area contributed by atoms with E-state index in [2.05, 4.69) is 13.0 Å². The Labute approximate surface area is 141 Å². The Kier molecular flexibility index (Phi) is 5.06. The summed E-state index contributed by atoms with van der Waals surface area (Å²) in [7, 11) is 0. The summed E-state index contributed by atoms with van der Waals surface area (Å²) in [6.07, 6.45) is 0.201. The molecule has 2 aromatic carbocycles. The number of epoxide rings is 1. The van der Waals surface area contributed by atoms with Crippen LogP contribution >= 0.6 is 0 Å². The highest BCUT2D eigenvalue weighted by molar-refractivity contribution is 5.99. The molecule has 0 radical (unpaired) electrons. The molecule has 1 aliphatic heterocycles. The van der Waals surface area contributed by atoms with Crippen molar-refractivity contribution < 1.29 is 19.1 Å². The van der Waals surface area contributed by atoms with Gasteiger partial charge in [0.25, 0.3) is 0 Å². The third-order valence-corrected chi connectivity index (χ3v) is 4.12. The number of carbonyl (C=O) groups excluding carboxylic acids is 2. The molecular formula is C20H20O4. The smallest absolute Gasteiger partial charge is 0.164 e. The molecule has 1 unspecified atom stereocenters. The molecule has 0 bridgehead atoms. The molecule has 3 rings (SSSR count). The van der Waals surface area contributed by atoms with Crippen LogP contribution in [0.3, 0.4) is 0 Å². The summed E-state index contributed by atoms with van der Waals surface area (Å²) in [4.78, 5) is 23.6. The van der Waals surface area contributed by atoms with Crippen molar-refractivity contribution in [1.29, 1.82) is 0 Å². The van der Waals surface area contributed by atoms with Crippen LogP contribution in [0.25, 0.3) is 0 Å². The summed E-state index contributed by atoms with van der Waals surface area (Å²) >= 11 is 0. The summed E-state index contributed by atoms with van der Waals surface area (Å²) in [5, 5.41) is 0. The van der Waals surface area contributed by atoms with Crippen LogP contribution in [0.15, 0.2) is 48.5 Å². The van der Waals surface area contributed by atoms with Crippen molar-refractivity contribution >= 4 is 11.6 Å². The van der Waals surface area contributed by atoms with E-state index in [1.807, 2.05) is 18.2 Å². The van der Waals surface area contributed by atoms with E-state index in [9.17, 15) is 9.59 Å². The minimum atomic E-state index is -0.269. The second-order valence-corrected chi connectivity index (χ2v) is 5.95. The topological polar surface area (TPSA) is 55.9 Å². The molecule has 4 nitrogen and oxygen atoms in total. The average molecular weight is 324 g/mol. The van der Waals surface area contributed by atoms with Crippen molar-refractivity contribution in [1.82, 2.24) is 0 Å². The van der Waals surface area contributed by atoms with E-state index >= 15 is 0 Å². The van der Waals surface area contributed by atoms with Gasteiger partial charge in [0.2, 0.25) is 0 Å². The Morgan fingerprint density at radius 2 is 1.79 bits per heavy atom. The summed E-state index contributed by atoms with van der Waals surface area (Å²) in [5.74, 6) is 0.702. The molecule has 0 spiro atoms. The van der Waals surface area contributed by atoms with Crippen molar-refractivity contribution in [3.63, 3.8) is 0 Å². The molecule has 0 aliphatic carbocycles. The Hall–Kier alpha value is -2.46. The molecule has 1 atom stereocenters. The quantitative estimate of drug-likeness (QED) is 0.551. The molecule has 4 heteroatoms. The Morgan fingerprint density at radius 1 is 1.08 bits per heavy atom. The first kappa shape index (κ1) is 16.4. The normalized spacial score (nSPS) is 15.8. The van der Waals surface area contributed by atoms with Crippen molar-refractivity contribution in [2.75, 3.05) is 6.61 Å². The van der Waals surface area contributed by atoms with Crippen LogP contribution in [-0.4, -0.2) is 24.3 Å². The van der Waals surface area contributed by atoms with Crippen molar-refractivity contribution in [3.05, 3.63) is 65.2 Å². The standard InChI is InChI=1S/C20H20O4/c1-14-4-2-3-5-16(14)12-23-17-8-6-15(7-9-17)18(21)10-11-19(22)20-13-24-20/h2-9,20H,10-13H2,1H3. The molecule has 1 heterocycles. The Morgan fingerprint density at radius 3 is 2.46 bits per heavy atom. The van der Waals surface area contributed by atoms with Gasteiger partial charge in [-0.05, 0) is 42.3 Å². The largest absolute Gasteiger partial charge is 0.489 e. The van der Waals surface area contributed by atoms with E-state index in [0.29, 0.717) is 18.8 Å². The zero-order valence-electron chi connectivity index (χ0n) is 13.7. The van der Waals surface area contributed by atoms with Crippen LogP contribution < -0.4 is 4.74 Å². The van der Waals surface area contributed by atoms with Gasteiger partial charge in [0.1, 0.15) is 18.5 Å². The second-order valence-electron chi connectivity index (χ2n) is 5.95. The van der Waals surface area contributed by atoms with Gasteiger partial charge in [-0.25, -0.2) is 0 Å². The average Bonchev–Trinajstić information content (AvgIpc) is 3.44. The van der Waals surface area contributed by atoms with E-state index in [1.54, 1.807) is 24.3 Å². The molecule has 0 N–H and O–H groups in total. The van der Waals surface area contributed by atoms with Gasteiger partial charge in [-0.1, -0.05) is 24.3 Å². The lowest BCUT2D eigenvalue weighted by Gasteiger charge is -2.09. The number of ether oxygens (including phenoxy) is 2. The van der Waals surface area contributed by atoms with E-state index in [4.69, 9.17) is 9.47 Å². The number of hydrogen-bond donors (Lipinski definition) is 0. The molecule has 0 aromatic heterocycles. The van der Waals surface area contributed by atoms with Gasteiger partial charge < -0.3 is 9.47 Å². The Bertz CT molecular complexity index is 730. The number of hydrogen-bond acceptors (Lipinski definition) is 4. The lowest BCUT2D eigenvalue weighted by Crippen LogP contribution is -2.09. The number of benzene rings is 2. The highest BCUT2D eigenvalue weighted by atomic mass is 16.6. The summed E-state index contributed by atoms with van der Waals surface area (Å²) in [6, 6.07) is 15.1. The molecule has 0 saturated carbocycles. The molecule has 2 aromatic rings. The first-order chi connectivity index (χ1) is 11.6. The Balaban J connectivity index is 1.51. The van der Waals surface area contributed by atoms with Crippen molar-refractivity contribution in [2.45, 2.75) is 32.5 Å². The van der Waals surface area contributed by atoms with E-state index in [0.717, 1.165) is 11.3 Å². The highest BCUT2D eigenvalue weighted by Gasteiger charge is 2.30. The second kappa shape index (κ2) is 7.41. The molecule has 124 valence electrons. The van der Waals surface area contributed by atoms with Crippen LogP contribution in [0, 0.1) is 6.92 Å². The van der Waals surface area contributed by atoms with E-state index in [1.165, 1.54) is 5.56 Å². The van der Waals surface area contributed by atoms with Crippen LogP contribution in [0.5, 0.6) is 5.75 Å². The van der Waals surface area contributed by atoms with Crippen LogP contribution in [-0.2, 0) is 16.1 Å². The highest BCUT2D eigenvalue weighted by Crippen LogP contribution is 2.18. The fourth-order valence-electron chi connectivity index (χ4n) is 2.45. The lowest BCUT2D eigenvalue weighted by atomic mass is 10.0. The summed E-state index contributed by atoms with van der Waals surface area (Å²) < 4.78 is 10.7. The van der Waals surface area contributed by atoms with Gasteiger partial charge in [0.15, 0.2) is 11.6 Å². The molecule has 0 amide bonds. The number of rotatable bonds is 8. The number of carbonyl (C=O) groups is 2. The number of aryl methyl sites for hydroxylation is 1. The van der Waals surface area contributed by atoms with Crippen LogP contribution in [0.2, 0.25) is 0 Å². The van der Waals surface area contributed by atoms with Gasteiger partial charge in [-0.15, -0.1) is 0 Å². The van der Waals surface area contributed by atoms with Crippen molar-refractivity contribution in [3.8, 4) is 5.75 Å². The SMILES string of the molecule is Cc1ccccc1COc1ccc(C(=O)CCC(=O)C2CO2)cc1. The van der Waals surface area contributed by atoms with Gasteiger partial charge >= 0.3 is 0 Å². The van der Waals surface area contributed by atoms with E-state index in [-0.39, 0.29) is 30.5 Å². The first-order valence-electron chi connectivity index (χ1n) is 8.08. The third-order valence-electron chi connectivity index (χ3n) is 4.12. The van der Waals surface area contributed by atoms with Crippen LogP contribution in [0.4, 0.5) is 0 Å². The van der Waals surface area contributed by atoms with Crippen molar-refractivity contribution in [2.24, 2.45) is 0 Å². The third kappa shape index (κ3) is 4.30. The van der Waals surface area contributed by atoms with Gasteiger partial charge in [-0.2, -0.15) is 0 Å². The maximum atomic E-state index is 12.1. The van der Waals surface area contributed by atoms with Crippen LogP contribution in [0.1, 0.15) is 34.3 Å². The molecule has 24 heavy (non-hydrogen) atoms. The minimum absolute atomic E-state index is 0.0153. The maximum Gasteiger partial charge on any atom is 0.164 e. The minimum Gasteiger partial charge on any atom is -0.489 e. The zero-order valence-corrected chi connectivity index (χ0v) is 13.7. The molecule has 1 fully saturated rings. The zero-order chi connectivity index (χ0) is 16.9. The molecule has 1 saturated heterocycles. The summed E-state index contributed by atoms with van der Waals surface area (Å²) in [6.45, 7) is 3.05. The lowest BCUT2D eigenvalue weighted by molar-refractivity contribution is -0.120. The van der Waals surface area contributed by atoms with Gasteiger partial charge in [0, 0.05) is 18.4 Å². The maximum absolute atomic E-state index is 12.1. The predicted octanol–water partition coefficient (Wildman–Crippen LogP) is 3.50. The monoisotopic (exact) mass is 324 g/mol. The molecular weight excluding hydrogens is 304 g/mol.